The number of rotatable bonds is 3. The number of methoxy groups -OCH3 is 1. The van der Waals surface area contributed by atoms with Gasteiger partial charge in [-0.1, -0.05) is 17.7 Å². The molecule has 0 saturated carbocycles. The first-order valence-electron chi connectivity index (χ1n) is 7.10. The van der Waals surface area contributed by atoms with Crippen molar-refractivity contribution in [2.24, 2.45) is 0 Å². The van der Waals surface area contributed by atoms with Crippen LogP contribution in [-0.2, 0) is 0 Å². The lowest BCUT2D eigenvalue weighted by molar-refractivity contribution is 0.414. The largest absolute Gasteiger partial charge is 0.497 e. The standard InChI is InChI=1S/C15H18ClN5O/c1-22-12-4-2-3-11(9-12)20-5-7-21(8-6-20)14-10-13(16)18-15(17)19-14/h2-4,9-10H,5-8H2,1H3,(H2,17,18,19). The van der Waals surface area contributed by atoms with Crippen LogP contribution in [0.15, 0.2) is 30.3 Å². The van der Waals surface area contributed by atoms with E-state index < -0.39 is 0 Å². The van der Waals surface area contributed by atoms with Gasteiger partial charge in [0, 0.05) is 44.0 Å². The molecule has 2 aromatic rings. The number of ether oxygens (including phenoxy) is 1. The summed E-state index contributed by atoms with van der Waals surface area (Å²) in [5, 5.41) is 0.373. The Morgan fingerprint density at radius 3 is 2.50 bits per heavy atom. The van der Waals surface area contributed by atoms with E-state index in [0.717, 1.165) is 37.7 Å². The number of nitrogen functional groups attached to an aromatic ring is 1. The number of halogens is 1. The Morgan fingerprint density at radius 1 is 1.09 bits per heavy atom. The molecular formula is C15H18ClN5O. The predicted molar refractivity (Wildman–Crippen MR) is 88.9 cm³/mol. The molecule has 0 atom stereocenters. The van der Waals surface area contributed by atoms with Crippen molar-refractivity contribution in [2.75, 3.05) is 48.8 Å². The maximum Gasteiger partial charge on any atom is 0.223 e. The van der Waals surface area contributed by atoms with E-state index in [9.17, 15) is 0 Å². The van der Waals surface area contributed by atoms with Gasteiger partial charge in [-0.2, -0.15) is 4.98 Å². The molecule has 1 fully saturated rings. The van der Waals surface area contributed by atoms with E-state index in [1.807, 2.05) is 12.1 Å². The molecule has 1 aromatic heterocycles. The second-order valence-corrected chi connectivity index (χ2v) is 5.47. The van der Waals surface area contributed by atoms with Crippen molar-refractivity contribution in [3.8, 4) is 5.75 Å². The van der Waals surface area contributed by atoms with E-state index in [1.54, 1.807) is 13.2 Å². The van der Waals surface area contributed by atoms with E-state index in [2.05, 4.69) is 31.9 Å². The second-order valence-electron chi connectivity index (χ2n) is 5.08. The van der Waals surface area contributed by atoms with E-state index in [-0.39, 0.29) is 5.95 Å². The number of nitrogens with zero attached hydrogens (tertiary/aromatic N) is 4. The monoisotopic (exact) mass is 319 g/mol. The quantitative estimate of drug-likeness (QED) is 0.873. The molecule has 0 unspecified atom stereocenters. The highest BCUT2D eigenvalue weighted by Crippen LogP contribution is 2.24. The molecule has 0 amide bonds. The molecule has 3 rings (SSSR count). The van der Waals surface area contributed by atoms with Gasteiger partial charge >= 0.3 is 0 Å². The Hall–Kier alpha value is -2.21. The van der Waals surface area contributed by atoms with Crippen molar-refractivity contribution in [3.05, 3.63) is 35.5 Å². The minimum absolute atomic E-state index is 0.206. The van der Waals surface area contributed by atoms with Crippen LogP contribution < -0.4 is 20.3 Å². The number of anilines is 3. The lowest BCUT2D eigenvalue weighted by atomic mass is 10.2. The zero-order valence-electron chi connectivity index (χ0n) is 12.4. The summed E-state index contributed by atoms with van der Waals surface area (Å²) in [4.78, 5) is 12.6. The van der Waals surface area contributed by atoms with Crippen LogP contribution in [0.5, 0.6) is 5.75 Å². The Morgan fingerprint density at radius 2 is 1.82 bits per heavy atom. The number of benzene rings is 1. The topological polar surface area (TPSA) is 67.5 Å². The summed E-state index contributed by atoms with van der Waals surface area (Å²) in [5.74, 6) is 1.86. The van der Waals surface area contributed by atoms with Crippen molar-refractivity contribution >= 4 is 29.1 Å². The summed E-state index contributed by atoms with van der Waals surface area (Å²) in [7, 11) is 1.68. The lowest BCUT2D eigenvalue weighted by Crippen LogP contribution is -2.46. The first kappa shape index (κ1) is 14.7. The van der Waals surface area contributed by atoms with Gasteiger partial charge in [0.2, 0.25) is 5.95 Å². The number of hydrogen-bond donors (Lipinski definition) is 1. The van der Waals surface area contributed by atoms with Gasteiger partial charge in [0.1, 0.15) is 16.7 Å². The third-order valence-corrected chi connectivity index (χ3v) is 3.91. The molecule has 0 aliphatic carbocycles. The highest BCUT2D eigenvalue weighted by Gasteiger charge is 2.19. The molecule has 6 nitrogen and oxygen atoms in total. The molecule has 116 valence electrons. The zero-order chi connectivity index (χ0) is 15.5. The van der Waals surface area contributed by atoms with Crippen molar-refractivity contribution in [3.63, 3.8) is 0 Å². The molecule has 0 radical (unpaired) electrons. The van der Waals surface area contributed by atoms with Crippen LogP contribution >= 0.6 is 11.6 Å². The molecule has 1 aromatic carbocycles. The van der Waals surface area contributed by atoms with Gasteiger partial charge in [-0.3, -0.25) is 0 Å². The van der Waals surface area contributed by atoms with Gasteiger partial charge in [-0.25, -0.2) is 4.98 Å². The van der Waals surface area contributed by atoms with E-state index in [1.165, 1.54) is 5.69 Å². The SMILES string of the molecule is COc1cccc(N2CCN(c3cc(Cl)nc(N)n3)CC2)c1. The fraction of sp³-hybridized carbons (Fsp3) is 0.333. The van der Waals surface area contributed by atoms with Gasteiger partial charge in [-0.15, -0.1) is 0 Å². The molecule has 0 spiro atoms. The Labute approximate surface area is 134 Å². The number of hydrogen-bond acceptors (Lipinski definition) is 6. The van der Waals surface area contributed by atoms with E-state index in [0.29, 0.717) is 5.15 Å². The zero-order valence-corrected chi connectivity index (χ0v) is 13.1. The molecule has 2 N–H and O–H groups in total. The van der Waals surface area contributed by atoms with Crippen LogP contribution in [0.25, 0.3) is 0 Å². The van der Waals surface area contributed by atoms with Crippen LogP contribution in [-0.4, -0.2) is 43.3 Å². The molecule has 1 saturated heterocycles. The first-order valence-corrected chi connectivity index (χ1v) is 7.47. The third kappa shape index (κ3) is 3.17. The highest BCUT2D eigenvalue weighted by atomic mass is 35.5. The summed E-state index contributed by atoms with van der Waals surface area (Å²) >= 11 is 5.95. The fourth-order valence-electron chi connectivity index (χ4n) is 2.59. The first-order chi connectivity index (χ1) is 10.7. The maximum absolute atomic E-state index is 5.95. The molecule has 2 heterocycles. The van der Waals surface area contributed by atoms with Crippen LogP contribution in [0, 0.1) is 0 Å². The normalized spacial score (nSPS) is 15.0. The molecule has 22 heavy (non-hydrogen) atoms. The summed E-state index contributed by atoms with van der Waals surface area (Å²) in [6.45, 7) is 3.50. The van der Waals surface area contributed by atoms with Crippen molar-refractivity contribution < 1.29 is 4.74 Å². The minimum Gasteiger partial charge on any atom is -0.497 e. The lowest BCUT2D eigenvalue weighted by Gasteiger charge is -2.36. The molecule has 7 heteroatoms. The second kappa shape index (κ2) is 6.27. The highest BCUT2D eigenvalue weighted by molar-refractivity contribution is 6.29. The van der Waals surface area contributed by atoms with Crippen LogP contribution in [0.2, 0.25) is 5.15 Å². The van der Waals surface area contributed by atoms with Gasteiger partial charge in [-0.05, 0) is 12.1 Å². The smallest absolute Gasteiger partial charge is 0.223 e. The Bertz CT molecular complexity index is 638. The molecule has 1 aliphatic heterocycles. The number of aromatic nitrogens is 2. The van der Waals surface area contributed by atoms with Gasteiger partial charge in [0.05, 0.1) is 7.11 Å². The average molecular weight is 320 g/mol. The van der Waals surface area contributed by atoms with Crippen molar-refractivity contribution in [2.45, 2.75) is 0 Å². The van der Waals surface area contributed by atoms with Crippen molar-refractivity contribution in [1.29, 1.82) is 0 Å². The maximum atomic E-state index is 5.95. The Balaban J connectivity index is 1.69. The number of nitrogens with two attached hydrogens (primary N) is 1. The summed E-state index contributed by atoms with van der Waals surface area (Å²) < 4.78 is 5.28. The molecular weight excluding hydrogens is 302 g/mol. The summed E-state index contributed by atoms with van der Waals surface area (Å²) in [5.41, 5.74) is 6.82. The predicted octanol–water partition coefficient (Wildman–Crippen LogP) is 2.05. The van der Waals surface area contributed by atoms with Gasteiger partial charge in [0.25, 0.3) is 0 Å². The van der Waals surface area contributed by atoms with Gasteiger partial charge < -0.3 is 20.3 Å². The van der Waals surface area contributed by atoms with Crippen LogP contribution in [0.3, 0.4) is 0 Å². The summed E-state index contributed by atoms with van der Waals surface area (Å²) in [6.07, 6.45) is 0. The van der Waals surface area contributed by atoms with Crippen molar-refractivity contribution in [1.82, 2.24) is 9.97 Å². The Kier molecular flexibility index (Phi) is 4.20. The fourth-order valence-corrected chi connectivity index (χ4v) is 2.77. The summed E-state index contributed by atoms with van der Waals surface area (Å²) in [6, 6.07) is 9.85. The van der Waals surface area contributed by atoms with Crippen LogP contribution in [0.4, 0.5) is 17.5 Å². The molecule has 0 bridgehead atoms. The van der Waals surface area contributed by atoms with Crippen LogP contribution in [0.1, 0.15) is 0 Å². The molecule has 1 aliphatic rings. The average Bonchev–Trinajstić information content (AvgIpc) is 2.54. The number of piperazine rings is 1. The minimum atomic E-state index is 0.206. The van der Waals surface area contributed by atoms with Gasteiger partial charge in [0.15, 0.2) is 0 Å². The van der Waals surface area contributed by atoms with E-state index in [4.69, 9.17) is 22.1 Å². The third-order valence-electron chi connectivity index (χ3n) is 3.72. The van der Waals surface area contributed by atoms with E-state index >= 15 is 0 Å².